The molecule has 0 spiro atoms. The molecule has 0 aliphatic carbocycles. The van der Waals surface area contributed by atoms with Gasteiger partial charge in [0.1, 0.15) is 4.32 Å². The number of piperidine rings is 1. The number of carbonyl (C=O) groups is 1. The standard InChI is InChI=1S/C17H18N4OS2/c1-20-6-4-12(5-7-20)21-10-18-13-3-2-11(8-14(13)21)9-15-16(22)19-17(23)24-15/h2-3,8-10,12H,4-7H2,1H3,(H,19,22,23). The first-order chi connectivity index (χ1) is 11.6. The number of benzene rings is 1. The van der Waals surface area contributed by atoms with Crippen LogP contribution in [-0.4, -0.2) is 44.8 Å². The molecule has 1 aromatic heterocycles. The zero-order chi connectivity index (χ0) is 16.7. The zero-order valence-electron chi connectivity index (χ0n) is 13.4. The monoisotopic (exact) mass is 358 g/mol. The Bertz CT molecular complexity index is 849. The van der Waals surface area contributed by atoms with Gasteiger partial charge in [-0.05, 0) is 56.8 Å². The van der Waals surface area contributed by atoms with Crippen LogP contribution in [0.5, 0.6) is 0 Å². The largest absolute Gasteiger partial charge is 0.327 e. The first-order valence-electron chi connectivity index (χ1n) is 8.00. The average molecular weight is 358 g/mol. The van der Waals surface area contributed by atoms with Gasteiger partial charge in [0.25, 0.3) is 5.91 Å². The second kappa shape index (κ2) is 6.31. The van der Waals surface area contributed by atoms with Gasteiger partial charge in [-0.2, -0.15) is 0 Å². The van der Waals surface area contributed by atoms with Crippen molar-refractivity contribution < 1.29 is 4.79 Å². The molecule has 5 nitrogen and oxygen atoms in total. The third kappa shape index (κ3) is 2.99. The second-order valence-electron chi connectivity index (χ2n) is 6.29. The van der Waals surface area contributed by atoms with Crippen molar-refractivity contribution in [2.75, 3.05) is 20.1 Å². The van der Waals surface area contributed by atoms with Gasteiger partial charge in [-0.3, -0.25) is 4.79 Å². The highest BCUT2D eigenvalue weighted by Crippen LogP contribution is 2.29. The number of nitrogens with one attached hydrogen (secondary N) is 1. The van der Waals surface area contributed by atoms with Crippen molar-refractivity contribution in [1.29, 1.82) is 0 Å². The molecule has 2 fully saturated rings. The van der Waals surface area contributed by atoms with Gasteiger partial charge in [0.05, 0.1) is 22.3 Å². The molecule has 124 valence electrons. The van der Waals surface area contributed by atoms with Crippen molar-refractivity contribution in [1.82, 2.24) is 19.8 Å². The van der Waals surface area contributed by atoms with Gasteiger partial charge >= 0.3 is 0 Å². The van der Waals surface area contributed by atoms with E-state index in [9.17, 15) is 4.79 Å². The molecule has 1 N–H and O–H groups in total. The number of aromatic nitrogens is 2. The Labute approximate surface area is 150 Å². The highest BCUT2D eigenvalue weighted by molar-refractivity contribution is 8.26. The number of thiocarbonyl (C=S) groups is 1. The van der Waals surface area contributed by atoms with Crippen LogP contribution in [0.25, 0.3) is 17.1 Å². The summed E-state index contributed by atoms with van der Waals surface area (Å²) in [6, 6.07) is 6.62. The number of likely N-dealkylation sites (tertiary alicyclic amines) is 1. The summed E-state index contributed by atoms with van der Waals surface area (Å²) in [6.45, 7) is 2.23. The average Bonchev–Trinajstić information content (AvgIpc) is 3.11. The van der Waals surface area contributed by atoms with Gasteiger partial charge < -0.3 is 14.8 Å². The fourth-order valence-corrected chi connectivity index (χ4v) is 4.31. The molecule has 7 heteroatoms. The lowest BCUT2D eigenvalue weighted by atomic mass is 10.0. The summed E-state index contributed by atoms with van der Waals surface area (Å²) in [5, 5.41) is 2.65. The molecule has 0 bridgehead atoms. The molecular weight excluding hydrogens is 340 g/mol. The highest BCUT2D eigenvalue weighted by Gasteiger charge is 2.22. The molecular formula is C17H18N4OS2. The molecule has 4 rings (SSSR count). The minimum atomic E-state index is -0.117. The Hall–Kier alpha value is -1.70. The van der Waals surface area contributed by atoms with Gasteiger partial charge in [-0.25, -0.2) is 4.98 Å². The van der Waals surface area contributed by atoms with Crippen LogP contribution in [0, 0.1) is 0 Å². The summed E-state index contributed by atoms with van der Waals surface area (Å²) < 4.78 is 2.81. The van der Waals surface area contributed by atoms with E-state index in [0.717, 1.165) is 42.5 Å². The minimum absolute atomic E-state index is 0.117. The van der Waals surface area contributed by atoms with Gasteiger partial charge in [0, 0.05) is 6.04 Å². The van der Waals surface area contributed by atoms with Gasteiger partial charge in [0.15, 0.2) is 0 Å². The summed E-state index contributed by atoms with van der Waals surface area (Å²) in [6.07, 6.45) is 6.12. The van der Waals surface area contributed by atoms with E-state index >= 15 is 0 Å². The second-order valence-corrected chi connectivity index (χ2v) is 8.01. The molecule has 2 aliphatic heterocycles. The molecule has 0 saturated carbocycles. The Morgan fingerprint density at radius 2 is 2.17 bits per heavy atom. The van der Waals surface area contributed by atoms with Crippen LogP contribution in [0.15, 0.2) is 29.4 Å². The number of thioether (sulfide) groups is 1. The zero-order valence-corrected chi connectivity index (χ0v) is 15.0. The quantitative estimate of drug-likeness (QED) is 0.661. The van der Waals surface area contributed by atoms with E-state index in [0.29, 0.717) is 15.3 Å². The predicted octanol–water partition coefficient (Wildman–Crippen LogP) is 2.79. The van der Waals surface area contributed by atoms with Crippen molar-refractivity contribution in [2.45, 2.75) is 18.9 Å². The number of imidazole rings is 1. The topological polar surface area (TPSA) is 50.2 Å². The smallest absolute Gasteiger partial charge is 0.263 e. The van der Waals surface area contributed by atoms with Crippen LogP contribution in [0.4, 0.5) is 0 Å². The molecule has 2 aromatic rings. The van der Waals surface area contributed by atoms with E-state index in [1.807, 2.05) is 24.5 Å². The molecule has 24 heavy (non-hydrogen) atoms. The lowest BCUT2D eigenvalue weighted by Gasteiger charge is -2.30. The molecule has 0 atom stereocenters. The van der Waals surface area contributed by atoms with Gasteiger partial charge in [-0.15, -0.1) is 0 Å². The van der Waals surface area contributed by atoms with Crippen LogP contribution >= 0.6 is 24.0 Å². The van der Waals surface area contributed by atoms with E-state index in [4.69, 9.17) is 12.2 Å². The van der Waals surface area contributed by atoms with Crippen molar-refractivity contribution in [3.63, 3.8) is 0 Å². The fraction of sp³-hybridized carbons (Fsp3) is 0.353. The van der Waals surface area contributed by atoms with Crippen LogP contribution in [0.1, 0.15) is 24.4 Å². The number of hydrogen-bond donors (Lipinski definition) is 1. The van der Waals surface area contributed by atoms with E-state index in [1.54, 1.807) is 0 Å². The molecule has 1 amide bonds. The van der Waals surface area contributed by atoms with E-state index in [-0.39, 0.29) is 5.91 Å². The summed E-state index contributed by atoms with van der Waals surface area (Å²) in [7, 11) is 2.17. The highest BCUT2D eigenvalue weighted by atomic mass is 32.2. The van der Waals surface area contributed by atoms with Crippen LogP contribution < -0.4 is 5.32 Å². The summed E-state index contributed by atoms with van der Waals surface area (Å²) in [4.78, 5) is 19.4. The molecule has 1 aromatic carbocycles. The Morgan fingerprint density at radius 3 is 2.88 bits per heavy atom. The number of nitrogens with zero attached hydrogens (tertiary/aromatic N) is 3. The number of rotatable bonds is 2. The molecule has 2 saturated heterocycles. The van der Waals surface area contributed by atoms with Crippen molar-refractivity contribution in [3.8, 4) is 0 Å². The predicted molar refractivity (Wildman–Crippen MR) is 102 cm³/mol. The maximum absolute atomic E-state index is 11.8. The molecule has 0 radical (unpaired) electrons. The Balaban J connectivity index is 1.67. The summed E-state index contributed by atoms with van der Waals surface area (Å²) in [5.74, 6) is -0.117. The maximum atomic E-state index is 11.8. The lowest BCUT2D eigenvalue weighted by Crippen LogP contribution is -2.31. The number of carbonyl (C=O) groups excluding carboxylic acids is 1. The first-order valence-corrected chi connectivity index (χ1v) is 9.22. The molecule has 2 aliphatic rings. The van der Waals surface area contributed by atoms with Crippen molar-refractivity contribution >= 4 is 51.3 Å². The third-order valence-electron chi connectivity index (χ3n) is 4.62. The minimum Gasteiger partial charge on any atom is -0.327 e. The fourth-order valence-electron chi connectivity index (χ4n) is 3.27. The molecule has 0 unspecified atom stereocenters. The third-order valence-corrected chi connectivity index (χ3v) is 5.78. The Kier molecular flexibility index (Phi) is 4.15. The van der Waals surface area contributed by atoms with Crippen molar-refractivity contribution in [2.24, 2.45) is 0 Å². The number of fused-ring (bicyclic) bond motifs is 1. The van der Waals surface area contributed by atoms with Crippen molar-refractivity contribution in [3.05, 3.63) is 35.0 Å². The van der Waals surface area contributed by atoms with Crippen LogP contribution in [0.2, 0.25) is 0 Å². The normalized spacial score (nSPS) is 21.8. The van der Waals surface area contributed by atoms with E-state index < -0.39 is 0 Å². The SMILES string of the molecule is CN1CCC(n2cnc3ccc(C=C4SC(=S)NC4=O)cc32)CC1. The van der Waals surface area contributed by atoms with E-state index in [1.165, 1.54) is 11.8 Å². The van der Waals surface area contributed by atoms with Gasteiger partial charge in [0.2, 0.25) is 0 Å². The lowest BCUT2D eigenvalue weighted by molar-refractivity contribution is -0.115. The molecule has 3 heterocycles. The van der Waals surface area contributed by atoms with Gasteiger partial charge in [-0.1, -0.05) is 30.0 Å². The summed E-state index contributed by atoms with van der Waals surface area (Å²) >= 11 is 6.35. The first kappa shape index (κ1) is 15.8. The maximum Gasteiger partial charge on any atom is 0.263 e. The number of amides is 1. The van der Waals surface area contributed by atoms with Crippen LogP contribution in [0.3, 0.4) is 0 Å². The summed E-state index contributed by atoms with van der Waals surface area (Å²) in [5.41, 5.74) is 3.12. The van der Waals surface area contributed by atoms with Crippen LogP contribution in [-0.2, 0) is 4.79 Å². The number of hydrogen-bond acceptors (Lipinski definition) is 5. The Morgan fingerprint density at radius 1 is 1.38 bits per heavy atom. The van der Waals surface area contributed by atoms with E-state index in [2.05, 4.69) is 32.9 Å².